The summed E-state index contributed by atoms with van der Waals surface area (Å²) in [6, 6.07) is 2.98. The quantitative estimate of drug-likeness (QED) is 0.876. The van der Waals surface area contributed by atoms with E-state index in [-0.39, 0.29) is 5.56 Å². The lowest BCUT2D eigenvalue weighted by atomic mass is 10.1. The van der Waals surface area contributed by atoms with Crippen molar-refractivity contribution in [2.75, 3.05) is 6.54 Å². The zero-order valence-corrected chi connectivity index (χ0v) is 13.0. The first kappa shape index (κ1) is 16.0. The van der Waals surface area contributed by atoms with Gasteiger partial charge in [0.25, 0.3) is 5.91 Å². The fraction of sp³-hybridized carbons (Fsp3) is 0.231. The average molecular weight is 379 g/mol. The minimum atomic E-state index is -4.48. The van der Waals surface area contributed by atoms with Crippen LogP contribution in [0.5, 0.6) is 0 Å². The monoisotopic (exact) mass is 378 g/mol. The molecular formula is C13H10BrF3N2OS. The standard InChI is InChI=1S/C13H10BrF3N2OS/c14-10-2-1-8(13(15,16)17)7-9(10)12(20)19-4-3-11-18-5-6-21-11/h1-2,5-7H,3-4H2,(H,19,20). The SMILES string of the molecule is O=C(NCCc1nccs1)c1cc(C(F)(F)F)ccc1Br. The summed E-state index contributed by atoms with van der Waals surface area (Å²) in [7, 11) is 0. The van der Waals surface area contributed by atoms with Crippen molar-refractivity contribution < 1.29 is 18.0 Å². The molecule has 1 aromatic heterocycles. The van der Waals surface area contributed by atoms with Gasteiger partial charge < -0.3 is 5.32 Å². The first-order valence-electron chi connectivity index (χ1n) is 5.91. The number of carbonyl (C=O) groups is 1. The van der Waals surface area contributed by atoms with Crippen LogP contribution < -0.4 is 5.32 Å². The van der Waals surface area contributed by atoms with Crippen LogP contribution in [0.4, 0.5) is 13.2 Å². The summed E-state index contributed by atoms with van der Waals surface area (Å²) in [5, 5.41) is 5.27. The summed E-state index contributed by atoms with van der Waals surface area (Å²) in [5.74, 6) is -0.551. The lowest BCUT2D eigenvalue weighted by Gasteiger charge is -2.10. The summed E-state index contributed by atoms with van der Waals surface area (Å²) in [5.41, 5.74) is -0.889. The van der Waals surface area contributed by atoms with Gasteiger partial charge in [-0.3, -0.25) is 4.79 Å². The number of thiazole rings is 1. The van der Waals surface area contributed by atoms with Gasteiger partial charge in [-0.25, -0.2) is 4.98 Å². The molecule has 1 heterocycles. The molecule has 1 aromatic carbocycles. The van der Waals surface area contributed by atoms with Gasteiger partial charge in [0.1, 0.15) is 0 Å². The normalized spacial score (nSPS) is 11.4. The fourth-order valence-electron chi connectivity index (χ4n) is 1.63. The lowest BCUT2D eigenvalue weighted by Crippen LogP contribution is -2.26. The van der Waals surface area contributed by atoms with Gasteiger partial charge >= 0.3 is 6.18 Å². The van der Waals surface area contributed by atoms with E-state index in [0.29, 0.717) is 17.4 Å². The van der Waals surface area contributed by atoms with Gasteiger partial charge in [-0.1, -0.05) is 0 Å². The number of alkyl halides is 3. The highest BCUT2D eigenvalue weighted by Crippen LogP contribution is 2.31. The highest BCUT2D eigenvalue weighted by atomic mass is 79.9. The van der Waals surface area contributed by atoms with Crippen LogP contribution in [-0.2, 0) is 12.6 Å². The summed E-state index contributed by atoms with van der Waals surface area (Å²) in [6.45, 7) is 0.315. The molecule has 0 saturated heterocycles. The van der Waals surface area contributed by atoms with Gasteiger partial charge in [0.05, 0.1) is 16.1 Å². The van der Waals surface area contributed by atoms with Crippen molar-refractivity contribution in [3.63, 3.8) is 0 Å². The largest absolute Gasteiger partial charge is 0.416 e. The number of nitrogens with zero attached hydrogens (tertiary/aromatic N) is 1. The van der Waals surface area contributed by atoms with Gasteiger partial charge in [-0.2, -0.15) is 13.2 Å². The molecule has 21 heavy (non-hydrogen) atoms. The molecule has 0 unspecified atom stereocenters. The summed E-state index contributed by atoms with van der Waals surface area (Å²) in [4.78, 5) is 16.0. The number of carbonyl (C=O) groups excluding carboxylic acids is 1. The van der Waals surface area contributed by atoms with E-state index in [1.54, 1.807) is 6.20 Å². The first-order valence-corrected chi connectivity index (χ1v) is 7.58. The molecule has 112 valence electrons. The molecule has 1 N–H and O–H groups in total. The third-order valence-electron chi connectivity index (χ3n) is 2.65. The van der Waals surface area contributed by atoms with Gasteiger partial charge in [0.15, 0.2) is 0 Å². The summed E-state index contributed by atoms with van der Waals surface area (Å²) < 4.78 is 38.3. The van der Waals surface area contributed by atoms with Crippen molar-refractivity contribution in [3.8, 4) is 0 Å². The van der Waals surface area contributed by atoms with Crippen molar-refractivity contribution in [3.05, 3.63) is 50.4 Å². The molecule has 1 amide bonds. The molecule has 8 heteroatoms. The number of halogens is 4. The van der Waals surface area contributed by atoms with Crippen molar-refractivity contribution in [1.29, 1.82) is 0 Å². The van der Waals surface area contributed by atoms with Gasteiger partial charge in [-0.05, 0) is 34.1 Å². The Bertz CT molecular complexity index is 629. The molecule has 0 aliphatic carbocycles. The van der Waals surface area contributed by atoms with Crippen LogP contribution in [0.25, 0.3) is 0 Å². The van der Waals surface area contributed by atoms with Crippen LogP contribution >= 0.6 is 27.3 Å². The van der Waals surface area contributed by atoms with E-state index < -0.39 is 17.6 Å². The predicted molar refractivity (Wildman–Crippen MR) is 77.3 cm³/mol. The highest BCUT2D eigenvalue weighted by molar-refractivity contribution is 9.10. The van der Waals surface area contributed by atoms with Crippen molar-refractivity contribution >= 4 is 33.2 Å². The second kappa shape index (κ2) is 6.57. The molecule has 3 nitrogen and oxygen atoms in total. The minimum Gasteiger partial charge on any atom is -0.352 e. The third kappa shape index (κ3) is 4.28. The van der Waals surface area contributed by atoms with E-state index in [4.69, 9.17) is 0 Å². The van der Waals surface area contributed by atoms with Crippen LogP contribution in [0.15, 0.2) is 34.2 Å². The van der Waals surface area contributed by atoms with E-state index in [1.165, 1.54) is 17.4 Å². The number of aromatic nitrogens is 1. The van der Waals surface area contributed by atoms with Crippen molar-refractivity contribution in [1.82, 2.24) is 10.3 Å². The van der Waals surface area contributed by atoms with Crippen LogP contribution in [0.3, 0.4) is 0 Å². The van der Waals surface area contributed by atoms with Crippen LogP contribution in [0, 0.1) is 0 Å². The topological polar surface area (TPSA) is 42.0 Å². The molecule has 0 aliphatic rings. The van der Waals surface area contributed by atoms with Crippen LogP contribution in [0.2, 0.25) is 0 Å². The second-order valence-electron chi connectivity index (χ2n) is 4.12. The number of amides is 1. The Balaban J connectivity index is 2.04. The molecule has 0 radical (unpaired) electrons. The molecule has 0 bridgehead atoms. The third-order valence-corrected chi connectivity index (χ3v) is 4.18. The Morgan fingerprint density at radius 3 is 2.76 bits per heavy atom. The number of hydrogen-bond donors (Lipinski definition) is 1. The van der Waals surface area contributed by atoms with Gasteiger partial charge in [0.2, 0.25) is 0 Å². The molecule has 0 aliphatic heterocycles. The average Bonchev–Trinajstić information content (AvgIpc) is 2.91. The summed E-state index contributed by atoms with van der Waals surface area (Å²) in [6.07, 6.45) is -2.28. The Hall–Kier alpha value is -1.41. The second-order valence-corrected chi connectivity index (χ2v) is 5.96. The molecule has 2 rings (SSSR count). The first-order chi connectivity index (χ1) is 9.88. The van der Waals surface area contributed by atoms with E-state index in [2.05, 4.69) is 26.2 Å². The smallest absolute Gasteiger partial charge is 0.352 e. The fourth-order valence-corrected chi connectivity index (χ4v) is 2.68. The number of rotatable bonds is 4. The molecule has 0 spiro atoms. The Morgan fingerprint density at radius 1 is 1.38 bits per heavy atom. The van der Waals surface area contributed by atoms with E-state index in [9.17, 15) is 18.0 Å². The minimum absolute atomic E-state index is 0.0380. The van der Waals surface area contributed by atoms with Crippen molar-refractivity contribution in [2.24, 2.45) is 0 Å². The summed E-state index contributed by atoms with van der Waals surface area (Å²) >= 11 is 4.55. The highest BCUT2D eigenvalue weighted by Gasteiger charge is 2.31. The molecule has 0 atom stereocenters. The Labute approximate surface area is 131 Å². The zero-order valence-electron chi connectivity index (χ0n) is 10.6. The lowest BCUT2D eigenvalue weighted by molar-refractivity contribution is -0.137. The van der Waals surface area contributed by atoms with Gasteiger partial charge in [0, 0.05) is 29.0 Å². The van der Waals surface area contributed by atoms with E-state index in [1.807, 2.05) is 5.38 Å². The zero-order chi connectivity index (χ0) is 15.5. The van der Waals surface area contributed by atoms with Crippen LogP contribution in [-0.4, -0.2) is 17.4 Å². The predicted octanol–water partition coefficient (Wildman–Crippen LogP) is 3.90. The number of hydrogen-bond acceptors (Lipinski definition) is 3. The maximum absolute atomic E-state index is 12.6. The Kier molecular flexibility index (Phi) is 5.00. The molecule has 0 saturated carbocycles. The molecule has 0 fully saturated rings. The van der Waals surface area contributed by atoms with E-state index in [0.717, 1.165) is 17.1 Å². The number of benzene rings is 1. The maximum atomic E-state index is 12.6. The Morgan fingerprint density at radius 2 is 2.14 bits per heavy atom. The molecular weight excluding hydrogens is 369 g/mol. The van der Waals surface area contributed by atoms with Crippen LogP contribution in [0.1, 0.15) is 20.9 Å². The number of nitrogens with one attached hydrogen (secondary N) is 1. The van der Waals surface area contributed by atoms with Crippen molar-refractivity contribution in [2.45, 2.75) is 12.6 Å². The van der Waals surface area contributed by atoms with Gasteiger partial charge in [-0.15, -0.1) is 11.3 Å². The maximum Gasteiger partial charge on any atom is 0.416 e. The van der Waals surface area contributed by atoms with E-state index >= 15 is 0 Å². The molecule has 2 aromatic rings.